The highest BCUT2D eigenvalue weighted by Gasteiger charge is 2.43. The van der Waals surface area contributed by atoms with Crippen LogP contribution in [-0.2, 0) is 10.3 Å². The van der Waals surface area contributed by atoms with Crippen LogP contribution in [0.2, 0.25) is 5.02 Å². The molecule has 0 saturated heterocycles. The molecule has 1 aliphatic rings. The van der Waals surface area contributed by atoms with Crippen LogP contribution in [-0.4, -0.2) is 12.8 Å². The highest BCUT2D eigenvalue weighted by Crippen LogP contribution is 2.40. The van der Waals surface area contributed by atoms with Gasteiger partial charge in [-0.15, -0.1) is 0 Å². The van der Waals surface area contributed by atoms with Gasteiger partial charge in [-0.2, -0.15) is 0 Å². The Kier molecular flexibility index (Phi) is 4.65. The fourth-order valence-corrected chi connectivity index (χ4v) is 3.67. The summed E-state index contributed by atoms with van der Waals surface area (Å²) in [5.74, 6) is 0.128. The molecule has 0 bridgehead atoms. The zero-order valence-electron chi connectivity index (χ0n) is 13.2. The average Bonchev–Trinajstić information content (AvgIpc) is 2.59. The number of ketones is 1. The van der Waals surface area contributed by atoms with Crippen LogP contribution in [0.1, 0.15) is 30.4 Å². The molecule has 118 valence electrons. The minimum atomic E-state index is -0.725. The lowest BCUT2D eigenvalue weighted by Crippen LogP contribution is -2.50. The second-order valence-corrected chi connectivity index (χ2v) is 6.31. The Morgan fingerprint density at radius 2 is 1.78 bits per heavy atom. The Morgan fingerprint density at radius 1 is 1.09 bits per heavy atom. The summed E-state index contributed by atoms with van der Waals surface area (Å²) in [5, 5.41) is 3.90. The van der Waals surface area contributed by atoms with Crippen molar-refractivity contribution in [3.63, 3.8) is 0 Å². The van der Waals surface area contributed by atoms with Gasteiger partial charge in [0.05, 0.1) is 0 Å². The third kappa shape index (κ3) is 2.97. The summed E-state index contributed by atoms with van der Waals surface area (Å²) in [5.41, 5.74) is 2.06. The van der Waals surface area contributed by atoms with Crippen LogP contribution >= 0.6 is 11.6 Å². The van der Waals surface area contributed by atoms with Crippen molar-refractivity contribution in [2.45, 2.75) is 24.8 Å². The Morgan fingerprint density at radius 3 is 2.48 bits per heavy atom. The monoisotopic (exact) mass is 325 g/mol. The number of rotatable bonds is 3. The molecule has 3 heteroatoms. The van der Waals surface area contributed by atoms with Crippen molar-refractivity contribution < 1.29 is 4.79 Å². The van der Waals surface area contributed by atoms with Gasteiger partial charge >= 0.3 is 0 Å². The third-order valence-electron chi connectivity index (χ3n) is 4.58. The molecule has 0 spiro atoms. The molecule has 2 nitrogen and oxygen atoms in total. The molecular weight excluding hydrogens is 306 g/mol. The Hall–Kier alpha value is -1.90. The molecule has 1 fully saturated rings. The molecule has 2 aromatic rings. The smallest absolute Gasteiger partial charge is 0.183 e. The van der Waals surface area contributed by atoms with Gasteiger partial charge in [-0.25, -0.2) is 0 Å². The lowest BCUT2D eigenvalue weighted by molar-refractivity contribution is -0.123. The van der Waals surface area contributed by atoms with Crippen LogP contribution < -0.4 is 5.32 Å². The zero-order valence-corrected chi connectivity index (χ0v) is 13.9. The van der Waals surface area contributed by atoms with Crippen LogP contribution in [0, 0.1) is 0 Å². The minimum Gasteiger partial charge on any atom is -0.304 e. The first-order valence-corrected chi connectivity index (χ1v) is 8.29. The second-order valence-electron chi connectivity index (χ2n) is 5.90. The van der Waals surface area contributed by atoms with Gasteiger partial charge in [0.25, 0.3) is 0 Å². The fourth-order valence-electron chi connectivity index (χ4n) is 3.37. The zero-order chi connectivity index (χ0) is 16.3. The van der Waals surface area contributed by atoms with Crippen LogP contribution in [0.5, 0.6) is 0 Å². The molecule has 0 aliphatic heterocycles. The predicted molar refractivity (Wildman–Crippen MR) is 95.5 cm³/mol. The molecule has 3 rings (SSSR count). The molecule has 0 aromatic heterocycles. The predicted octanol–water partition coefficient (Wildman–Crippen LogP) is 4.59. The quantitative estimate of drug-likeness (QED) is 0.836. The summed E-state index contributed by atoms with van der Waals surface area (Å²) in [4.78, 5) is 13.2. The summed E-state index contributed by atoms with van der Waals surface area (Å²) in [6.07, 6.45) is 4.53. The van der Waals surface area contributed by atoms with E-state index in [9.17, 15) is 4.79 Å². The van der Waals surface area contributed by atoms with E-state index >= 15 is 0 Å². The highest BCUT2D eigenvalue weighted by molar-refractivity contribution is 6.32. The molecule has 1 saturated carbocycles. The van der Waals surface area contributed by atoms with E-state index in [-0.39, 0.29) is 5.78 Å². The maximum absolute atomic E-state index is 13.2. The van der Waals surface area contributed by atoms with Crippen molar-refractivity contribution in [2.75, 3.05) is 7.05 Å². The number of nitrogens with one attached hydrogen (secondary N) is 1. The molecule has 0 heterocycles. The van der Waals surface area contributed by atoms with E-state index in [1.807, 2.05) is 67.7 Å². The van der Waals surface area contributed by atoms with Crippen molar-refractivity contribution >= 4 is 23.5 Å². The van der Waals surface area contributed by atoms with Crippen LogP contribution in [0.3, 0.4) is 0 Å². The Labute approximate surface area is 142 Å². The first-order chi connectivity index (χ1) is 11.2. The van der Waals surface area contributed by atoms with Crippen LogP contribution in [0.15, 0.2) is 60.2 Å². The van der Waals surface area contributed by atoms with E-state index in [1.54, 1.807) is 0 Å². The van der Waals surface area contributed by atoms with Gasteiger partial charge in [-0.05, 0) is 55.2 Å². The van der Waals surface area contributed by atoms with Crippen molar-refractivity contribution in [1.29, 1.82) is 0 Å². The van der Waals surface area contributed by atoms with Gasteiger partial charge in [0.2, 0.25) is 0 Å². The van der Waals surface area contributed by atoms with Gasteiger partial charge in [-0.1, -0.05) is 60.1 Å². The number of benzene rings is 2. The van der Waals surface area contributed by atoms with Crippen LogP contribution in [0.25, 0.3) is 6.08 Å². The van der Waals surface area contributed by atoms with Gasteiger partial charge in [0.15, 0.2) is 5.78 Å². The minimum absolute atomic E-state index is 0.128. The number of Topliss-reactive ketones (excluding diaryl/α,β-unsaturated/α-hetero) is 1. The fraction of sp³-hybridized carbons (Fsp3) is 0.250. The van der Waals surface area contributed by atoms with Crippen molar-refractivity contribution in [3.05, 3.63) is 76.3 Å². The first-order valence-electron chi connectivity index (χ1n) is 7.92. The Bertz CT molecular complexity index is 738. The van der Waals surface area contributed by atoms with Gasteiger partial charge in [0.1, 0.15) is 5.54 Å². The highest BCUT2D eigenvalue weighted by atomic mass is 35.5. The largest absolute Gasteiger partial charge is 0.304 e. The maximum atomic E-state index is 13.2. The molecule has 1 atom stereocenters. The van der Waals surface area contributed by atoms with E-state index < -0.39 is 5.54 Å². The number of halogens is 1. The number of carbonyl (C=O) groups is 1. The lowest BCUT2D eigenvalue weighted by Gasteiger charge is -2.37. The molecule has 0 radical (unpaired) electrons. The second kappa shape index (κ2) is 6.69. The van der Waals surface area contributed by atoms with Crippen LogP contribution in [0.4, 0.5) is 0 Å². The number of likely N-dealkylation sites (N-methyl/N-ethyl adjacent to an activating group) is 1. The SMILES string of the molecule is CNC1(c2ccccc2Cl)CCC/C(=C\c2ccccc2)C1=O. The molecule has 1 unspecified atom stereocenters. The summed E-state index contributed by atoms with van der Waals surface area (Å²) in [7, 11) is 1.84. The third-order valence-corrected chi connectivity index (χ3v) is 4.91. The van der Waals surface area contributed by atoms with E-state index in [0.717, 1.165) is 36.0 Å². The number of carbonyl (C=O) groups excluding carboxylic acids is 1. The van der Waals surface area contributed by atoms with Crippen molar-refractivity contribution in [3.8, 4) is 0 Å². The Balaban J connectivity index is 2.04. The van der Waals surface area contributed by atoms with Crippen molar-refractivity contribution in [1.82, 2.24) is 5.32 Å². The number of hydrogen-bond donors (Lipinski definition) is 1. The van der Waals surface area contributed by atoms with E-state index in [4.69, 9.17) is 11.6 Å². The van der Waals surface area contributed by atoms with E-state index in [2.05, 4.69) is 5.32 Å². The topological polar surface area (TPSA) is 29.1 Å². The van der Waals surface area contributed by atoms with Crippen molar-refractivity contribution in [2.24, 2.45) is 0 Å². The number of hydrogen-bond acceptors (Lipinski definition) is 2. The van der Waals surface area contributed by atoms with Gasteiger partial charge in [0, 0.05) is 5.02 Å². The van der Waals surface area contributed by atoms with Gasteiger partial charge in [-0.3, -0.25) is 4.79 Å². The summed E-state index contributed by atoms with van der Waals surface area (Å²) in [6, 6.07) is 17.6. The standard InChI is InChI=1S/C20H20ClNO/c1-22-20(17-11-5-6-12-18(17)21)13-7-10-16(19(20)23)14-15-8-3-2-4-9-15/h2-6,8-9,11-12,14,22H,7,10,13H2,1H3/b16-14+. The summed E-state index contributed by atoms with van der Waals surface area (Å²) >= 11 is 6.39. The van der Waals surface area contributed by atoms with E-state index in [0.29, 0.717) is 5.02 Å². The molecule has 1 aliphatic carbocycles. The molecule has 2 aromatic carbocycles. The summed E-state index contributed by atoms with van der Waals surface area (Å²) < 4.78 is 0. The lowest BCUT2D eigenvalue weighted by atomic mass is 9.73. The first kappa shape index (κ1) is 16.0. The van der Waals surface area contributed by atoms with E-state index in [1.165, 1.54) is 0 Å². The molecule has 23 heavy (non-hydrogen) atoms. The average molecular weight is 326 g/mol. The molecule has 1 N–H and O–H groups in total. The molecular formula is C20H20ClNO. The maximum Gasteiger partial charge on any atom is 0.183 e. The molecule has 0 amide bonds. The summed E-state index contributed by atoms with van der Waals surface area (Å²) in [6.45, 7) is 0. The normalized spacial score (nSPS) is 23.2. The van der Waals surface area contributed by atoms with Gasteiger partial charge < -0.3 is 5.32 Å².